The molecule has 1 aliphatic carbocycles. The number of anilines is 2. The molecule has 2 aliphatic rings. The van der Waals surface area contributed by atoms with E-state index in [-0.39, 0.29) is 0 Å². The van der Waals surface area contributed by atoms with Crippen molar-refractivity contribution in [1.82, 2.24) is 15.2 Å². The predicted octanol–water partition coefficient (Wildman–Crippen LogP) is 5.62. The number of nitriles is 1. The van der Waals surface area contributed by atoms with Gasteiger partial charge in [0.1, 0.15) is 5.82 Å². The summed E-state index contributed by atoms with van der Waals surface area (Å²) in [5.41, 5.74) is 4.11. The Balaban J connectivity index is 1.23. The highest BCUT2D eigenvalue weighted by Crippen LogP contribution is 2.35. The molecule has 0 bridgehead atoms. The number of pyridine rings is 1. The van der Waals surface area contributed by atoms with Crippen LogP contribution in [-0.4, -0.2) is 34.3 Å². The first-order chi connectivity index (χ1) is 16.3. The van der Waals surface area contributed by atoms with Crippen LogP contribution in [0.2, 0.25) is 0 Å². The van der Waals surface area contributed by atoms with Crippen molar-refractivity contribution in [3.63, 3.8) is 0 Å². The summed E-state index contributed by atoms with van der Waals surface area (Å²) >= 11 is 0. The van der Waals surface area contributed by atoms with Gasteiger partial charge >= 0.3 is 0 Å². The summed E-state index contributed by atoms with van der Waals surface area (Å²) in [7, 11) is 0. The smallest absolute Gasteiger partial charge is 0.126 e. The van der Waals surface area contributed by atoms with Crippen LogP contribution in [0.1, 0.15) is 50.5 Å². The molecule has 2 aromatic heterocycles. The molecule has 6 heteroatoms. The second kappa shape index (κ2) is 10.1. The van der Waals surface area contributed by atoms with Gasteiger partial charge in [-0.15, -0.1) is 0 Å². The van der Waals surface area contributed by atoms with Gasteiger partial charge < -0.3 is 10.2 Å². The first-order valence-corrected chi connectivity index (χ1v) is 12.3. The number of aromatic nitrogens is 3. The van der Waals surface area contributed by atoms with Crippen LogP contribution in [0.5, 0.6) is 0 Å². The first kappa shape index (κ1) is 21.5. The monoisotopic (exact) mass is 440 g/mol. The highest BCUT2D eigenvalue weighted by Gasteiger charge is 2.30. The Hall–Kier alpha value is -3.33. The molecular weight excluding hydrogens is 408 g/mol. The number of nitrogens with zero attached hydrogens (tertiary/aromatic N) is 4. The molecule has 0 amide bonds. The molecule has 0 spiro atoms. The van der Waals surface area contributed by atoms with Crippen LogP contribution in [0.3, 0.4) is 0 Å². The second-order valence-electron chi connectivity index (χ2n) is 9.54. The van der Waals surface area contributed by atoms with E-state index >= 15 is 0 Å². The predicted molar refractivity (Wildman–Crippen MR) is 132 cm³/mol. The summed E-state index contributed by atoms with van der Waals surface area (Å²) in [6.45, 7) is 2.22. The van der Waals surface area contributed by atoms with Gasteiger partial charge in [0.15, 0.2) is 0 Å². The minimum Gasteiger partial charge on any atom is -0.371 e. The Labute approximate surface area is 196 Å². The molecule has 1 aliphatic heterocycles. The van der Waals surface area contributed by atoms with Gasteiger partial charge in [0, 0.05) is 42.8 Å². The maximum absolute atomic E-state index is 9.08. The fourth-order valence-corrected chi connectivity index (χ4v) is 5.63. The molecule has 3 atom stereocenters. The number of nitrogens with one attached hydrogen (secondary N) is 2. The Bertz CT molecular complexity index is 1070. The Morgan fingerprint density at radius 3 is 2.73 bits per heavy atom. The van der Waals surface area contributed by atoms with Crippen LogP contribution in [0.25, 0.3) is 11.3 Å². The molecule has 0 unspecified atom stereocenters. The average Bonchev–Trinajstić information content (AvgIpc) is 3.41. The molecule has 1 saturated carbocycles. The van der Waals surface area contributed by atoms with E-state index in [1.54, 1.807) is 6.20 Å². The maximum Gasteiger partial charge on any atom is 0.126 e. The number of hydrogen-bond donors (Lipinski definition) is 2. The summed E-state index contributed by atoms with van der Waals surface area (Å²) in [5, 5.41) is 20.0. The van der Waals surface area contributed by atoms with E-state index in [2.05, 4.69) is 49.7 Å². The molecule has 2 fully saturated rings. The van der Waals surface area contributed by atoms with Crippen LogP contribution >= 0.6 is 0 Å². The van der Waals surface area contributed by atoms with Gasteiger partial charge in [-0.3, -0.25) is 5.10 Å². The molecule has 170 valence electrons. The van der Waals surface area contributed by atoms with E-state index in [0.29, 0.717) is 17.9 Å². The van der Waals surface area contributed by atoms with Crippen molar-refractivity contribution in [2.24, 2.45) is 11.8 Å². The SMILES string of the molecule is N#Cc1ccc(N2CCC[C@H](C[C@@H]3CCCC[C@H]3Nc3cc(-c4ccn[nH]4)ccn3)C2)cc1. The molecule has 33 heavy (non-hydrogen) atoms. The first-order valence-electron chi connectivity index (χ1n) is 12.3. The number of aromatic amines is 1. The topological polar surface area (TPSA) is 80.6 Å². The van der Waals surface area contributed by atoms with E-state index in [1.807, 2.05) is 30.5 Å². The van der Waals surface area contributed by atoms with Gasteiger partial charge in [0.25, 0.3) is 0 Å². The third kappa shape index (κ3) is 5.19. The van der Waals surface area contributed by atoms with E-state index in [4.69, 9.17) is 5.26 Å². The van der Waals surface area contributed by atoms with Gasteiger partial charge in [0.2, 0.25) is 0 Å². The molecular formula is C27H32N6. The van der Waals surface area contributed by atoms with Crippen LogP contribution in [-0.2, 0) is 0 Å². The Kier molecular flexibility index (Phi) is 6.57. The van der Waals surface area contributed by atoms with Crippen LogP contribution in [0.4, 0.5) is 11.5 Å². The lowest BCUT2D eigenvalue weighted by atomic mass is 9.77. The fraction of sp³-hybridized carbons (Fsp3) is 0.444. The summed E-state index contributed by atoms with van der Waals surface area (Å²) < 4.78 is 0. The number of rotatable bonds is 6. The van der Waals surface area contributed by atoms with Gasteiger partial charge in [-0.25, -0.2) is 4.98 Å². The third-order valence-corrected chi connectivity index (χ3v) is 7.33. The van der Waals surface area contributed by atoms with E-state index in [1.165, 1.54) is 50.6 Å². The summed E-state index contributed by atoms with van der Waals surface area (Å²) in [4.78, 5) is 7.12. The van der Waals surface area contributed by atoms with Crippen molar-refractivity contribution in [2.75, 3.05) is 23.3 Å². The molecule has 5 rings (SSSR count). The van der Waals surface area contributed by atoms with Gasteiger partial charge in [-0.1, -0.05) is 12.8 Å². The number of piperidine rings is 1. The third-order valence-electron chi connectivity index (χ3n) is 7.33. The van der Waals surface area contributed by atoms with Crippen LogP contribution < -0.4 is 10.2 Å². The number of hydrogen-bond acceptors (Lipinski definition) is 5. The molecule has 2 N–H and O–H groups in total. The van der Waals surface area contributed by atoms with Crippen molar-refractivity contribution in [3.05, 3.63) is 60.4 Å². The zero-order valence-corrected chi connectivity index (χ0v) is 19.1. The van der Waals surface area contributed by atoms with Crippen LogP contribution in [0.15, 0.2) is 54.9 Å². The van der Waals surface area contributed by atoms with Crippen molar-refractivity contribution < 1.29 is 0 Å². The lowest BCUT2D eigenvalue weighted by Gasteiger charge is -2.39. The standard InChI is InChI=1S/C27H32N6/c28-18-20-7-9-24(10-8-20)33-15-3-4-21(19-33)16-22-5-1-2-6-25(22)31-27-17-23(11-13-29-27)26-12-14-30-32-26/h7-14,17,21-22,25H,1-6,15-16,19H2,(H,29,31)(H,30,32)/t21-,22+,25-/m1/s1. The maximum atomic E-state index is 9.08. The normalized spacial score (nSPS) is 23.1. The lowest BCUT2D eigenvalue weighted by Crippen LogP contribution is -2.39. The van der Waals surface area contributed by atoms with Gasteiger partial charge in [0.05, 0.1) is 17.3 Å². The summed E-state index contributed by atoms with van der Waals surface area (Å²) in [6, 6.07) is 16.9. The highest BCUT2D eigenvalue weighted by molar-refractivity contribution is 5.62. The molecule has 3 heterocycles. The van der Waals surface area contributed by atoms with E-state index < -0.39 is 0 Å². The lowest BCUT2D eigenvalue weighted by molar-refractivity contribution is 0.247. The van der Waals surface area contributed by atoms with Crippen LogP contribution in [0, 0.1) is 23.2 Å². The minimum absolute atomic E-state index is 0.480. The second-order valence-corrected chi connectivity index (χ2v) is 9.54. The summed E-state index contributed by atoms with van der Waals surface area (Å²) in [5.74, 6) is 2.36. The molecule has 6 nitrogen and oxygen atoms in total. The highest BCUT2D eigenvalue weighted by atomic mass is 15.1. The number of H-pyrrole nitrogens is 1. The van der Waals surface area contributed by atoms with Crippen molar-refractivity contribution in [2.45, 2.75) is 51.0 Å². The molecule has 1 saturated heterocycles. The minimum atomic E-state index is 0.480. The quantitative estimate of drug-likeness (QED) is 0.520. The average molecular weight is 441 g/mol. The zero-order chi connectivity index (χ0) is 22.5. The van der Waals surface area contributed by atoms with E-state index in [0.717, 1.165) is 35.7 Å². The largest absolute Gasteiger partial charge is 0.371 e. The van der Waals surface area contributed by atoms with Gasteiger partial charge in [-0.2, -0.15) is 10.4 Å². The zero-order valence-electron chi connectivity index (χ0n) is 19.1. The Morgan fingerprint density at radius 1 is 1.03 bits per heavy atom. The fourth-order valence-electron chi connectivity index (χ4n) is 5.63. The van der Waals surface area contributed by atoms with E-state index in [9.17, 15) is 0 Å². The van der Waals surface area contributed by atoms with Crippen molar-refractivity contribution in [1.29, 1.82) is 5.26 Å². The number of benzene rings is 1. The van der Waals surface area contributed by atoms with Crippen molar-refractivity contribution in [3.8, 4) is 17.3 Å². The molecule has 0 radical (unpaired) electrons. The molecule has 1 aromatic carbocycles. The van der Waals surface area contributed by atoms with Gasteiger partial charge in [-0.05, 0) is 86.4 Å². The summed E-state index contributed by atoms with van der Waals surface area (Å²) in [6.07, 6.45) is 12.6. The molecule has 3 aromatic rings. The van der Waals surface area contributed by atoms with Crippen molar-refractivity contribution >= 4 is 11.5 Å². The Morgan fingerprint density at radius 2 is 1.91 bits per heavy atom.